The second kappa shape index (κ2) is 8.57. The molecule has 0 radical (unpaired) electrons. The first-order chi connectivity index (χ1) is 17.0. The van der Waals surface area contributed by atoms with Gasteiger partial charge in [0.1, 0.15) is 22.8 Å². The Morgan fingerprint density at radius 2 is 2.00 bits per heavy atom. The van der Waals surface area contributed by atoms with E-state index in [1.165, 1.54) is 6.07 Å². The number of hydrogen-bond acceptors (Lipinski definition) is 6. The van der Waals surface area contributed by atoms with Crippen molar-refractivity contribution in [1.82, 2.24) is 24.5 Å². The average molecular weight is 474 g/mol. The van der Waals surface area contributed by atoms with E-state index in [0.29, 0.717) is 11.9 Å². The molecule has 6 rings (SSSR count). The van der Waals surface area contributed by atoms with Crippen molar-refractivity contribution in [1.29, 1.82) is 0 Å². The fourth-order valence-electron chi connectivity index (χ4n) is 5.34. The minimum atomic E-state index is -0.427. The fraction of sp³-hybridized carbons (Fsp3) is 0.385. The van der Waals surface area contributed by atoms with Crippen molar-refractivity contribution in [3.05, 3.63) is 65.4 Å². The second-order valence-corrected chi connectivity index (χ2v) is 9.63. The molecule has 0 saturated carbocycles. The van der Waals surface area contributed by atoms with Gasteiger partial charge in [-0.2, -0.15) is 5.10 Å². The molecule has 2 fully saturated rings. The zero-order valence-corrected chi connectivity index (χ0v) is 19.7. The normalized spacial score (nSPS) is 20.8. The number of piperidine rings is 1. The molecule has 2 aliphatic heterocycles. The Balaban J connectivity index is 1.33. The first-order valence-electron chi connectivity index (χ1n) is 12.2. The molecular formula is C26H28FN7O. The van der Waals surface area contributed by atoms with Gasteiger partial charge in [-0.25, -0.2) is 18.9 Å². The number of rotatable bonds is 3. The molecular weight excluding hydrogens is 445 g/mol. The molecule has 2 aliphatic rings. The summed E-state index contributed by atoms with van der Waals surface area (Å²) in [6.07, 6.45) is 5.68. The van der Waals surface area contributed by atoms with Gasteiger partial charge in [-0.3, -0.25) is 4.79 Å². The molecule has 2 saturated heterocycles. The standard InChI is InChI=1S/C26H28FN7O/c1-16-14-34-23(30-25(16)32-12-10-18(28)15-32)13-21(31-34)22-7-2-3-11-33(22)26(35)20-9-8-17-5-4-6-19(27)24(17)29-20/h4-6,8-9,13-14,18,22H,2-3,7,10-12,15,28H2,1H3/t18-,22-/m0/s1. The monoisotopic (exact) mass is 473 g/mol. The highest BCUT2D eigenvalue weighted by atomic mass is 19.1. The van der Waals surface area contributed by atoms with Crippen molar-refractivity contribution in [3.8, 4) is 0 Å². The number of amides is 1. The lowest BCUT2D eigenvalue weighted by molar-refractivity contribution is 0.0600. The summed E-state index contributed by atoms with van der Waals surface area (Å²) >= 11 is 0. The minimum Gasteiger partial charge on any atom is -0.355 e. The number of aryl methyl sites for hydroxylation is 1. The molecule has 0 bridgehead atoms. The van der Waals surface area contributed by atoms with Crippen LogP contribution in [-0.2, 0) is 0 Å². The first-order valence-corrected chi connectivity index (χ1v) is 12.2. The van der Waals surface area contributed by atoms with E-state index in [0.717, 1.165) is 61.5 Å². The Kier molecular flexibility index (Phi) is 5.36. The molecule has 5 heterocycles. The van der Waals surface area contributed by atoms with Gasteiger partial charge in [0.2, 0.25) is 0 Å². The molecule has 3 aromatic heterocycles. The van der Waals surface area contributed by atoms with Gasteiger partial charge in [0.05, 0.1) is 11.7 Å². The molecule has 0 unspecified atom stereocenters. The number of likely N-dealkylation sites (tertiary alicyclic amines) is 1. The van der Waals surface area contributed by atoms with Crippen LogP contribution in [0.15, 0.2) is 42.6 Å². The number of pyridine rings is 1. The smallest absolute Gasteiger partial charge is 0.273 e. The van der Waals surface area contributed by atoms with Gasteiger partial charge in [0.25, 0.3) is 5.91 Å². The number of para-hydroxylation sites is 1. The average Bonchev–Trinajstić information content (AvgIpc) is 3.48. The van der Waals surface area contributed by atoms with Gasteiger partial charge >= 0.3 is 0 Å². The summed E-state index contributed by atoms with van der Waals surface area (Å²) in [7, 11) is 0. The maximum atomic E-state index is 14.3. The molecule has 0 spiro atoms. The van der Waals surface area contributed by atoms with E-state index in [9.17, 15) is 9.18 Å². The number of nitrogens with two attached hydrogens (primary N) is 1. The molecule has 9 heteroatoms. The summed E-state index contributed by atoms with van der Waals surface area (Å²) in [5.41, 5.74) is 9.18. The minimum absolute atomic E-state index is 0.173. The van der Waals surface area contributed by atoms with Gasteiger partial charge in [0, 0.05) is 48.9 Å². The number of carbonyl (C=O) groups is 1. The van der Waals surface area contributed by atoms with E-state index in [1.807, 2.05) is 24.1 Å². The highest BCUT2D eigenvalue weighted by Gasteiger charge is 2.32. The van der Waals surface area contributed by atoms with E-state index >= 15 is 0 Å². The van der Waals surface area contributed by atoms with Gasteiger partial charge in [0.15, 0.2) is 5.65 Å². The second-order valence-electron chi connectivity index (χ2n) is 9.63. The van der Waals surface area contributed by atoms with Crippen LogP contribution in [0.3, 0.4) is 0 Å². The van der Waals surface area contributed by atoms with Crippen LogP contribution in [0.5, 0.6) is 0 Å². The van der Waals surface area contributed by atoms with Gasteiger partial charge < -0.3 is 15.5 Å². The SMILES string of the molecule is Cc1cn2nc([C@@H]3CCCCN3C(=O)c3ccc4cccc(F)c4n3)cc2nc1N1CC[C@H](N)C1. The zero-order chi connectivity index (χ0) is 24.1. The molecule has 2 N–H and O–H groups in total. The number of fused-ring (bicyclic) bond motifs is 2. The number of aromatic nitrogens is 4. The summed E-state index contributed by atoms with van der Waals surface area (Å²) in [6, 6.07) is 10.2. The number of hydrogen-bond donors (Lipinski definition) is 1. The van der Waals surface area contributed by atoms with E-state index in [-0.39, 0.29) is 29.2 Å². The molecule has 4 aromatic rings. The quantitative estimate of drug-likeness (QED) is 0.489. The summed E-state index contributed by atoms with van der Waals surface area (Å²) in [4.78, 5) is 26.9. The van der Waals surface area contributed by atoms with E-state index in [1.54, 1.807) is 28.8 Å². The predicted molar refractivity (Wildman–Crippen MR) is 132 cm³/mol. The van der Waals surface area contributed by atoms with Crippen LogP contribution < -0.4 is 10.6 Å². The van der Waals surface area contributed by atoms with Crippen molar-refractivity contribution < 1.29 is 9.18 Å². The van der Waals surface area contributed by atoms with Gasteiger partial charge in [-0.05, 0) is 44.7 Å². The van der Waals surface area contributed by atoms with Crippen molar-refractivity contribution in [2.75, 3.05) is 24.5 Å². The molecule has 0 aliphatic carbocycles. The van der Waals surface area contributed by atoms with Crippen LogP contribution in [0.1, 0.15) is 53.5 Å². The van der Waals surface area contributed by atoms with Crippen LogP contribution in [0, 0.1) is 12.7 Å². The largest absolute Gasteiger partial charge is 0.355 e. The van der Waals surface area contributed by atoms with Crippen LogP contribution in [0.25, 0.3) is 16.6 Å². The Hall–Kier alpha value is -3.59. The maximum Gasteiger partial charge on any atom is 0.273 e. The third-order valence-electron chi connectivity index (χ3n) is 7.14. The lowest BCUT2D eigenvalue weighted by Gasteiger charge is -2.34. The van der Waals surface area contributed by atoms with E-state index in [2.05, 4.69) is 9.88 Å². The van der Waals surface area contributed by atoms with Gasteiger partial charge in [-0.15, -0.1) is 0 Å². The van der Waals surface area contributed by atoms with Crippen molar-refractivity contribution in [3.63, 3.8) is 0 Å². The molecule has 35 heavy (non-hydrogen) atoms. The van der Waals surface area contributed by atoms with Gasteiger partial charge in [-0.1, -0.05) is 18.2 Å². The topological polar surface area (TPSA) is 92.6 Å². The first kappa shape index (κ1) is 21.9. The highest BCUT2D eigenvalue weighted by Crippen LogP contribution is 2.33. The fourth-order valence-corrected chi connectivity index (χ4v) is 5.34. The number of benzene rings is 1. The molecule has 1 aromatic carbocycles. The third-order valence-corrected chi connectivity index (χ3v) is 7.14. The number of halogens is 1. The van der Waals surface area contributed by atoms with Crippen LogP contribution in [-0.4, -0.2) is 56.1 Å². The van der Waals surface area contributed by atoms with Crippen molar-refractivity contribution >= 4 is 28.3 Å². The van der Waals surface area contributed by atoms with Crippen molar-refractivity contribution in [2.45, 2.75) is 44.7 Å². The molecule has 8 nitrogen and oxygen atoms in total. The molecule has 2 atom stereocenters. The molecule has 180 valence electrons. The summed E-state index contributed by atoms with van der Waals surface area (Å²) < 4.78 is 16.1. The Labute approximate surface area is 202 Å². The Morgan fingerprint density at radius 1 is 1.11 bits per heavy atom. The number of nitrogens with zero attached hydrogens (tertiary/aromatic N) is 6. The third kappa shape index (κ3) is 3.89. The van der Waals surface area contributed by atoms with E-state index in [4.69, 9.17) is 15.8 Å². The summed E-state index contributed by atoms with van der Waals surface area (Å²) in [5, 5.41) is 5.48. The Morgan fingerprint density at radius 3 is 2.83 bits per heavy atom. The predicted octanol–water partition coefficient (Wildman–Crippen LogP) is 3.63. The zero-order valence-electron chi connectivity index (χ0n) is 19.7. The lowest BCUT2D eigenvalue weighted by Crippen LogP contribution is -2.39. The van der Waals surface area contributed by atoms with E-state index < -0.39 is 5.82 Å². The lowest BCUT2D eigenvalue weighted by atomic mass is 9.98. The van der Waals surface area contributed by atoms with Crippen molar-refractivity contribution in [2.24, 2.45) is 5.73 Å². The Bertz CT molecular complexity index is 1430. The van der Waals surface area contributed by atoms with Crippen LogP contribution in [0.4, 0.5) is 10.2 Å². The number of carbonyl (C=O) groups excluding carboxylic acids is 1. The molecule has 1 amide bonds. The highest BCUT2D eigenvalue weighted by molar-refractivity contribution is 5.95. The van der Waals surface area contributed by atoms with Crippen LogP contribution >= 0.6 is 0 Å². The summed E-state index contributed by atoms with van der Waals surface area (Å²) in [5.74, 6) is 0.313. The summed E-state index contributed by atoms with van der Waals surface area (Å²) in [6.45, 7) is 4.34. The number of anilines is 1. The van der Waals surface area contributed by atoms with Crippen LogP contribution in [0.2, 0.25) is 0 Å². The maximum absolute atomic E-state index is 14.3.